The summed E-state index contributed by atoms with van der Waals surface area (Å²) in [7, 11) is 0. The first-order chi connectivity index (χ1) is 14.2. The summed E-state index contributed by atoms with van der Waals surface area (Å²) in [5.74, 6) is 0.540. The summed E-state index contributed by atoms with van der Waals surface area (Å²) in [5.41, 5.74) is 4.68. The molecule has 2 heterocycles. The molecule has 1 aromatic heterocycles. The Labute approximate surface area is 174 Å². The van der Waals surface area contributed by atoms with Gasteiger partial charge in [0.1, 0.15) is 0 Å². The molecule has 29 heavy (non-hydrogen) atoms. The number of piperidine rings is 1. The van der Waals surface area contributed by atoms with Crippen molar-refractivity contribution >= 4 is 11.3 Å². The van der Waals surface area contributed by atoms with Crippen molar-refractivity contribution in [2.24, 2.45) is 0 Å². The van der Waals surface area contributed by atoms with E-state index in [-0.39, 0.29) is 0 Å². The van der Waals surface area contributed by atoms with Gasteiger partial charge in [0, 0.05) is 24.8 Å². The Morgan fingerprint density at radius 2 is 1.86 bits per heavy atom. The minimum atomic E-state index is -1.98. The van der Waals surface area contributed by atoms with Crippen LogP contribution in [0.3, 0.4) is 0 Å². The lowest BCUT2D eigenvalue weighted by Gasteiger charge is -2.32. The van der Waals surface area contributed by atoms with E-state index in [9.17, 15) is 4.21 Å². The summed E-state index contributed by atoms with van der Waals surface area (Å²) in [6, 6.07) is 18.5. The average molecular weight is 411 g/mol. The molecule has 1 aliphatic heterocycles. The number of benzene rings is 2. The first-order valence-corrected chi connectivity index (χ1v) is 11.0. The second-order valence-corrected chi connectivity index (χ2v) is 8.28. The molecule has 2 aromatic carbocycles. The first-order valence-electron chi connectivity index (χ1n) is 9.92. The number of rotatable bonds is 7. The maximum absolute atomic E-state index is 10.8. The molecule has 1 atom stereocenters. The molecule has 4 rings (SSSR count). The van der Waals surface area contributed by atoms with E-state index >= 15 is 0 Å². The maximum Gasteiger partial charge on any atom is 0.232 e. The third kappa shape index (κ3) is 5.39. The Bertz CT molecular complexity index is 952. The highest BCUT2D eigenvalue weighted by Crippen LogP contribution is 2.29. The molecular formula is C22H26N4O2S. The fourth-order valence-electron chi connectivity index (χ4n) is 3.95. The normalized spacial score (nSPS) is 16.7. The van der Waals surface area contributed by atoms with Crippen LogP contribution in [0.1, 0.15) is 35.4 Å². The van der Waals surface area contributed by atoms with E-state index in [0.29, 0.717) is 12.5 Å². The maximum atomic E-state index is 10.8. The van der Waals surface area contributed by atoms with Gasteiger partial charge in [0.25, 0.3) is 0 Å². The number of para-hydroxylation sites is 1. The molecule has 0 spiro atoms. The molecule has 0 amide bonds. The van der Waals surface area contributed by atoms with E-state index in [4.69, 9.17) is 4.55 Å². The van der Waals surface area contributed by atoms with Crippen LogP contribution in [0.2, 0.25) is 0 Å². The zero-order valence-corrected chi connectivity index (χ0v) is 17.1. The van der Waals surface area contributed by atoms with E-state index in [2.05, 4.69) is 45.2 Å². The topological polar surface area (TPSA) is 70.4 Å². The van der Waals surface area contributed by atoms with Gasteiger partial charge >= 0.3 is 0 Å². The minimum Gasteiger partial charge on any atom is -0.299 e. The molecule has 3 aromatic rings. The van der Waals surface area contributed by atoms with Crippen molar-refractivity contribution in [3.63, 3.8) is 0 Å². The number of aromatic nitrogens is 2. The van der Waals surface area contributed by atoms with Crippen LogP contribution in [-0.4, -0.2) is 36.5 Å². The highest BCUT2D eigenvalue weighted by molar-refractivity contribution is 7.77. The van der Waals surface area contributed by atoms with Gasteiger partial charge in [-0.15, -0.1) is 0 Å². The van der Waals surface area contributed by atoms with Crippen LogP contribution in [-0.2, 0) is 24.4 Å². The lowest BCUT2D eigenvalue weighted by Crippen LogP contribution is -2.32. The van der Waals surface area contributed by atoms with E-state index < -0.39 is 11.3 Å². The fraction of sp³-hybridized carbons (Fsp3) is 0.318. The SMILES string of the molecule is O=S(O)NCc1cccc(C2CCN(Cc3cnn(-c4ccccc4)c3)CC2)c1. The molecule has 1 saturated heterocycles. The van der Waals surface area contributed by atoms with Crippen molar-refractivity contribution in [1.82, 2.24) is 19.4 Å². The third-order valence-electron chi connectivity index (χ3n) is 5.47. The summed E-state index contributed by atoms with van der Waals surface area (Å²) in [4.78, 5) is 2.49. The van der Waals surface area contributed by atoms with Gasteiger partial charge in [-0.25, -0.2) is 13.6 Å². The van der Waals surface area contributed by atoms with Crippen LogP contribution in [0.25, 0.3) is 5.69 Å². The molecule has 6 nitrogen and oxygen atoms in total. The monoisotopic (exact) mass is 410 g/mol. The predicted molar refractivity (Wildman–Crippen MR) is 115 cm³/mol. The van der Waals surface area contributed by atoms with Crippen molar-refractivity contribution in [3.05, 3.63) is 83.7 Å². The van der Waals surface area contributed by atoms with Gasteiger partial charge < -0.3 is 0 Å². The predicted octanol–water partition coefficient (Wildman–Crippen LogP) is 3.48. The van der Waals surface area contributed by atoms with Gasteiger partial charge in [-0.3, -0.25) is 9.45 Å². The fourth-order valence-corrected chi connectivity index (χ4v) is 4.24. The van der Waals surface area contributed by atoms with Crippen LogP contribution in [0.15, 0.2) is 67.0 Å². The Balaban J connectivity index is 1.31. The summed E-state index contributed by atoms with van der Waals surface area (Å²) in [6.45, 7) is 3.45. The molecule has 2 N–H and O–H groups in total. The highest BCUT2D eigenvalue weighted by atomic mass is 32.2. The van der Waals surface area contributed by atoms with E-state index in [1.807, 2.05) is 41.2 Å². The van der Waals surface area contributed by atoms with Crippen LogP contribution in [0.4, 0.5) is 0 Å². The zero-order chi connectivity index (χ0) is 20.1. The van der Waals surface area contributed by atoms with Crippen molar-refractivity contribution < 1.29 is 8.76 Å². The van der Waals surface area contributed by atoms with Gasteiger partial charge in [0.2, 0.25) is 11.3 Å². The van der Waals surface area contributed by atoms with Gasteiger partial charge in [0.15, 0.2) is 0 Å². The van der Waals surface area contributed by atoms with Gasteiger partial charge in [0.05, 0.1) is 11.9 Å². The molecule has 0 bridgehead atoms. The highest BCUT2D eigenvalue weighted by Gasteiger charge is 2.21. The number of hydrogen-bond acceptors (Lipinski definition) is 3. The molecule has 1 fully saturated rings. The lowest BCUT2D eigenvalue weighted by molar-refractivity contribution is 0.204. The van der Waals surface area contributed by atoms with Gasteiger partial charge in [-0.1, -0.05) is 42.5 Å². The average Bonchev–Trinajstić information content (AvgIpc) is 3.22. The van der Waals surface area contributed by atoms with Crippen molar-refractivity contribution in [1.29, 1.82) is 0 Å². The summed E-state index contributed by atoms with van der Waals surface area (Å²) < 4.78 is 24.2. The molecule has 1 aliphatic rings. The smallest absolute Gasteiger partial charge is 0.232 e. The van der Waals surface area contributed by atoms with Crippen LogP contribution >= 0.6 is 0 Å². The lowest BCUT2D eigenvalue weighted by atomic mass is 9.88. The first kappa shape index (κ1) is 20.0. The molecular weight excluding hydrogens is 384 g/mol. The molecule has 1 unspecified atom stereocenters. The van der Waals surface area contributed by atoms with Crippen LogP contribution < -0.4 is 4.72 Å². The molecule has 152 valence electrons. The van der Waals surface area contributed by atoms with E-state index in [1.165, 1.54) is 11.1 Å². The molecule has 7 heteroatoms. The Morgan fingerprint density at radius 1 is 1.07 bits per heavy atom. The third-order valence-corrected chi connectivity index (χ3v) is 5.86. The van der Waals surface area contributed by atoms with Crippen molar-refractivity contribution in [2.75, 3.05) is 13.1 Å². The number of likely N-dealkylation sites (tertiary alicyclic amines) is 1. The summed E-state index contributed by atoms with van der Waals surface area (Å²) >= 11 is -1.98. The van der Waals surface area contributed by atoms with Gasteiger partial charge in [-0.2, -0.15) is 5.10 Å². The van der Waals surface area contributed by atoms with Crippen LogP contribution in [0, 0.1) is 0 Å². The number of nitrogens with one attached hydrogen (secondary N) is 1. The number of nitrogens with zero attached hydrogens (tertiary/aromatic N) is 3. The standard InChI is InChI=1S/C22H26N4O2S/c27-29(28)24-15-18-5-4-6-21(13-18)20-9-11-25(12-10-20)16-19-14-23-26(17-19)22-7-2-1-3-8-22/h1-8,13-14,17,20,24H,9-12,15-16H2,(H,27,28). The summed E-state index contributed by atoms with van der Waals surface area (Å²) in [6.07, 6.45) is 6.31. The van der Waals surface area contributed by atoms with Gasteiger partial charge in [-0.05, 0) is 55.1 Å². The van der Waals surface area contributed by atoms with Crippen molar-refractivity contribution in [2.45, 2.75) is 31.8 Å². The Morgan fingerprint density at radius 3 is 2.62 bits per heavy atom. The van der Waals surface area contributed by atoms with Crippen LogP contribution in [0.5, 0.6) is 0 Å². The zero-order valence-electron chi connectivity index (χ0n) is 16.3. The number of hydrogen-bond donors (Lipinski definition) is 2. The molecule has 0 aliphatic carbocycles. The minimum absolute atomic E-state index is 0.404. The largest absolute Gasteiger partial charge is 0.299 e. The molecule has 0 saturated carbocycles. The van der Waals surface area contributed by atoms with E-state index in [0.717, 1.165) is 43.7 Å². The second-order valence-electron chi connectivity index (χ2n) is 7.49. The Kier molecular flexibility index (Phi) is 6.51. The molecule has 0 radical (unpaired) electrons. The quantitative estimate of drug-likeness (QED) is 0.585. The van der Waals surface area contributed by atoms with Crippen molar-refractivity contribution in [3.8, 4) is 5.69 Å². The Hall–Kier alpha value is -2.32. The second kappa shape index (κ2) is 9.45. The van der Waals surface area contributed by atoms with E-state index in [1.54, 1.807) is 0 Å². The summed E-state index contributed by atoms with van der Waals surface area (Å²) in [5, 5.41) is 4.50.